The third kappa shape index (κ3) is 7.32. The summed E-state index contributed by atoms with van der Waals surface area (Å²) in [6.45, 7) is 8.11. The number of aliphatic hydroxyl groups excluding tert-OH is 1. The Morgan fingerprint density at radius 3 is 2.34 bits per heavy atom. The maximum Gasteiger partial charge on any atom is 0.217 e. The van der Waals surface area contributed by atoms with Crippen molar-refractivity contribution in [3.63, 3.8) is 0 Å². The van der Waals surface area contributed by atoms with Crippen LogP contribution in [0.2, 0.25) is 0 Å². The molecule has 0 bridgehead atoms. The Morgan fingerprint density at radius 1 is 1.14 bits per heavy atom. The average Bonchev–Trinajstić information content (AvgIpc) is 2.77. The molecule has 5 nitrogen and oxygen atoms in total. The Labute approximate surface area is 207 Å². The Morgan fingerprint density at radius 2 is 1.77 bits per heavy atom. The van der Waals surface area contributed by atoms with E-state index in [0.717, 1.165) is 37.3 Å². The third-order valence-electron chi connectivity index (χ3n) is 7.05. The smallest absolute Gasteiger partial charge is 0.217 e. The minimum Gasteiger partial charge on any atom is -0.390 e. The van der Waals surface area contributed by atoms with Gasteiger partial charge in [-0.2, -0.15) is 0 Å². The first kappa shape index (κ1) is 27.2. The Bertz CT molecular complexity index is 993. The minimum atomic E-state index is -0.969. The van der Waals surface area contributed by atoms with Crippen LogP contribution in [0.15, 0.2) is 42.5 Å². The molecule has 0 unspecified atom stereocenters. The van der Waals surface area contributed by atoms with Gasteiger partial charge < -0.3 is 21.5 Å². The summed E-state index contributed by atoms with van der Waals surface area (Å²) in [5.41, 5.74) is 8.62. The lowest BCUT2D eigenvalue weighted by Gasteiger charge is -2.42. The molecule has 1 aliphatic carbocycles. The van der Waals surface area contributed by atoms with Crippen LogP contribution in [0.5, 0.6) is 0 Å². The summed E-state index contributed by atoms with van der Waals surface area (Å²) < 4.78 is 27.4. The maximum absolute atomic E-state index is 13.7. The van der Waals surface area contributed by atoms with Gasteiger partial charge in [-0.15, -0.1) is 0 Å². The summed E-state index contributed by atoms with van der Waals surface area (Å²) in [5.74, 6) is -1.70. The summed E-state index contributed by atoms with van der Waals surface area (Å²) in [5, 5.41) is 17.5. The van der Waals surface area contributed by atoms with E-state index in [1.807, 2.05) is 0 Å². The molecular formula is C28H39F2N3O2. The van der Waals surface area contributed by atoms with Gasteiger partial charge in [-0.1, -0.05) is 45.0 Å². The number of amides is 1. The number of nitrogens with two attached hydrogens (primary N) is 1. The van der Waals surface area contributed by atoms with Crippen molar-refractivity contribution in [2.45, 2.75) is 88.9 Å². The van der Waals surface area contributed by atoms with E-state index in [0.29, 0.717) is 5.56 Å². The van der Waals surface area contributed by atoms with Gasteiger partial charge in [-0.05, 0) is 66.3 Å². The van der Waals surface area contributed by atoms with Crippen molar-refractivity contribution in [2.24, 2.45) is 5.73 Å². The first-order chi connectivity index (χ1) is 16.4. The van der Waals surface area contributed by atoms with E-state index in [1.54, 1.807) is 0 Å². The number of hydrogen-bond donors (Lipinski definition) is 4. The highest BCUT2D eigenvalue weighted by molar-refractivity contribution is 5.73. The Balaban J connectivity index is 1.82. The van der Waals surface area contributed by atoms with E-state index in [4.69, 9.17) is 5.73 Å². The normalized spacial score (nSPS) is 22.5. The summed E-state index contributed by atoms with van der Waals surface area (Å²) >= 11 is 0. The van der Waals surface area contributed by atoms with Crippen molar-refractivity contribution >= 4 is 5.91 Å². The van der Waals surface area contributed by atoms with Crippen LogP contribution in [-0.4, -0.2) is 35.7 Å². The molecule has 2 aromatic rings. The predicted octanol–water partition coefficient (Wildman–Crippen LogP) is 4.06. The predicted molar refractivity (Wildman–Crippen MR) is 135 cm³/mol. The van der Waals surface area contributed by atoms with Gasteiger partial charge in [0.05, 0.1) is 12.1 Å². The molecule has 192 valence electrons. The quantitative estimate of drug-likeness (QED) is 0.452. The fourth-order valence-corrected chi connectivity index (χ4v) is 4.95. The number of carbonyl (C=O) groups is 1. The molecule has 1 saturated carbocycles. The first-order valence-corrected chi connectivity index (χ1v) is 12.4. The summed E-state index contributed by atoms with van der Waals surface area (Å²) in [6, 6.07) is 11.2. The third-order valence-corrected chi connectivity index (χ3v) is 7.05. The van der Waals surface area contributed by atoms with Gasteiger partial charge in [0.25, 0.3) is 0 Å². The van der Waals surface area contributed by atoms with Crippen LogP contribution in [0.1, 0.15) is 70.1 Å². The van der Waals surface area contributed by atoms with E-state index in [-0.39, 0.29) is 35.9 Å². The largest absolute Gasteiger partial charge is 0.390 e. The van der Waals surface area contributed by atoms with Gasteiger partial charge in [-0.3, -0.25) is 4.79 Å². The van der Waals surface area contributed by atoms with E-state index in [1.165, 1.54) is 24.6 Å². The molecule has 3 rings (SSSR count). The molecule has 0 aromatic heterocycles. The molecule has 7 heteroatoms. The first-order valence-electron chi connectivity index (χ1n) is 12.4. The minimum absolute atomic E-state index is 0.00147. The Kier molecular flexibility index (Phi) is 8.67. The zero-order valence-corrected chi connectivity index (χ0v) is 21.2. The second-order valence-corrected chi connectivity index (χ2v) is 11.0. The second kappa shape index (κ2) is 11.1. The van der Waals surface area contributed by atoms with Crippen LogP contribution in [0.4, 0.5) is 8.78 Å². The number of hydrogen-bond acceptors (Lipinski definition) is 4. The molecule has 5 N–H and O–H groups in total. The van der Waals surface area contributed by atoms with Gasteiger partial charge in [0, 0.05) is 31.1 Å². The van der Waals surface area contributed by atoms with Gasteiger partial charge in [0.15, 0.2) is 0 Å². The topological polar surface area (TPSA) is 87.4 Å². The molecule has 1 amide bonds. The molecule has 0 aliphatic heterocycles. The fourth-order valence-electron chi connectivity index (χ4n) is 4.95. The summed E-state index contributed by atoms with van der Waals surface area (Å²) in [7, 11) is 0. The lowest BCUT2D eigenvalue weighted by Crippen LogP contribution is -2.54. The summed E-state index contributed by atoms with van der Waals surface area (Å²) in [6.07, 6.45) is 2.52. The zero-order valence-electron chi connectivity index (χ0n) is 21.2. The van der Waals surface area contributed by atoms with Crippen LogP contribution in [-0.2, 0) is 22.2 Å². The van der Waals surface area contributed by atoms with Crippen LogP contribution in [0.25, 0.3) is 0 Å². The molecule has 1 fully saturated rings. The molecular weight excluding hydrogens is 448 g/mol. The van der Waals surface area contributed by atoms with Crippen molar-refractivity contribution in [1.82, 2.24) is 10.6 Å². The van der Waals surface area contributed by atoms with Gasteiger partial charge >= 0.3 is 0 Å². The molecule has 0 spiro atoms. The van der Waals surface area contributed by atoms with E-state index < -0.39 is 23.8 Å². The van der Waals surface area contributed by atoms with Crippen molar-refractivity contribution in [1.29, 1.82) is 0 Å². The number of benzene rings is 2. The van der Waals surface area contributed by atoms with Crippen LogP contribution in [0, 0.1) is 11.6 Å². The number of nitrogens with one attached hydrogen (secondary N) is 2. The summed E-state index contributed by atoms with van der Waals surface area (Å²) in [4.78, 5) is 11.8. The van der Waals surface area contributed by atoms with Crippen molar-refractivity contribution in [2.75, 3.05) is 6.54 Å². The number of rotatable bonds is 8. The standard InChI is InChI=1S/C28H39F2N3O2/c1-18(34)33-25(14-19-12-22(29)16-23(30)13-19)26(35)17-32-28(10-8-24(31)9-11-28)21-7-5-6-20(15-21)27(2,3)4/h5-7,12-13,15-16,24-26,32,35H,8-11,14,17,31H2,1-4H3,(H,33,34)/t24?,25-,26-,28?/m0/s1. The van der Waals surface area contributed by atoms with E-state index >= 15 is 0 Å². The SMILES string of the molecule is CC(=O)N[C@@H](Cc1cc(F)cc(F)c1)[C@@H](O)CNC1(c2cccc(C(C)(C)C)c2)CCC(N)CC1. The molecule has 1 aliphatic rings. The van der Waals surface area contributed by atoms with Gasteiger partial charge in [-0.25, -0.2) is 8.78 Å². The van der Waals surface area contributed by atoms with E-state index in [9.17, 15) is 18.7 Å². The molecule has 2 aromatic carbocycles. The second-order valence-electron chi connectivity index (χ2n) is 11.0. The highest BCUT2D eigenvalue weighted by Gasteiger charge is 2.37. The monoisotopic (exact) mass is 487 g/mol. The maximum atomic E-state index is 13.7. The Hall–Kier alpha value is -2.35. The van der Waals surface area contributed by atoms with Crippen LogP contribution in [0.3, 0.4) is 0 Å². The molecule has 35 heavy (non-hydrogen) atoms. The van der Waals surface area contributed by atoms with Crippen LogP contribution < -0.4 is 16.4 Å². The molecule has 2 atom stereocenters. The lowest BCUT2D eigenvalue weighted by molar-refractivity contribution is -0.120. The fraction of sp³-hybridized carbons (Fsp3) is 0.536. The number of carbonyl (C=O) groups excluding carboxylic acids is 1. The highest BCUT2D eigenvalue weighted by Crippen LogP contribution is 2.38. The molecule has 0 heterocycles. The zero-order chi connectivity index (χ0) is 25.8. The van der Waals surface area contributed by atoms with Crippen LogP contribution >= 0.6 is 0 Å². The van der Waals surface area contributed by atoms with Crippen molar-refractivity contribution < 1.29 is 18.7 Å². The van der Waals surface area contributed by atoms with Gasteiger partial charge in [0.1, 0.15) is 11.6 Å². The average molecular weight is 488 g/mol. The molecule has 0 saturated heterocycles. The van der Waals surface area contributed by atoms with E-state index in [2.05, 4.69) is 55.7 Å². The number of aliphatic hydroxyl groups is 1. The van der Waals surface area contributed by atoms with Crippen molar-refractivity contribution in [3.8, 4) is 0 Å². The van der Waals surface area contributed by atoms with Crippen molar-refractivity contribution in [3.05, 3.63) is 70.8 Å². The highest BCUT2D eigenvalue weighted by atomic mass is 19.1. The molecule has 0 radical (unpaired) electrons. The lowest BCUT2D eigenvalue weighted by atomic mass is 9.73. The van der Waals surface area contributed by atoms with Gasteiger partial charge in [0.2, 0.25) is 5.91 Å². The number of halogens is 2.